The Morgan fingerprint density at radius 2 is 2.25 bits per heavy atom. The summed E-state index contributed by atoms with van der Waals surface area (Å²) in [5.74, 6) is -0.0336. The number of amides is 1. The van der Waals surface area contributed by atoms with Crippen LogP contribution in [0.1, 0.15) is 25.8 Å². The van der Waals surface area contributed by atoms with Crippen LogP contribution in [-0.4, -0.2) is 54.4 Å². The zero-order chi connectivity index (χ0) is 14.8. The molecule has 1 aromatic rings. The minimum Gasteiger partial charge on any atom is -0.339 e. The van der Waals surface area contributed by atoms with Crippen molar-refractivity contribution in [2.45, 2.75) is 31.8 Å². The molecule has 0 unspecified atom stereocenters. The average molecular weight is 300 g/mol. The van der Waals surface area contributed by atoms with Crippen molar-refractivity contribution in [3.05, 3.63) is 18.5 Å². The molecule has 1 amide bonds. The predicted molar refractivity (Wildman–Crippen MR) is 74.5 cm³/mol. The van der Waals surface area contributed by atoms with E-state index in [2.05, 4.69) is 9.82 Å². The molecule has 0 aliphatic carbocycles. The van der Waals surface area contributed by atoms with Crippen molar-refractivity contribution >= 4 is 15.9 Å². The van der Waals surface area contributed by atoms with Crippen LogP contribution in [0, 0.1) is 0 Å². The lowest BCUT2D eigenvalue weighted by atomic mass is 10.1. The molecule has 112 valence electrons. The van der Waals surface area contributed by atoms with Crippen LogP contribution < -0.4 is 4.72 Å². The maximum Gasteiger partial charge on any atom is 0.247 e. The molecule has 2 heterocycles. The van der Waals surface area contributed by atoms with Crippen molar-refractivity contribution in [3.8, 4) is 0 Å². The van der Waals surface area contributed by atoms with Crippen molar-refractivity contribution in [2.75, 3.05) is 19.3 Å². The molecule has 2 atom stereocenters. The number of hydrogen-bond donors (Lipinski definition) is 1. The molecule has 0 radical (unpaired) electrons. The van der Waals surface area contributed by atoms with Gasteiger partial charge in [0.2, 0.25) is 15.9 Å². The number of nitrogens with one attached hydrogen (secondary N) is 1. The number of aromatic nitrogens is 2. The van der Waals surface area contributed by atoms with Gasteiger partial charge in [-0.3, -0.25) is 9.48 Å². The fourth-order valence-electron chi connectivity index (χ4n) is 2.46. The molecule has 0 spiro atoms. The Morgan fingerprint density at radius 3 is 2.85 bits per heavy atom. The van der Waals surface area contributed by atoms with Crippen LogP contribution in [0.25, 0.3) is 0 Å². The summed E-state index contributed by atoms with van der Waals surface area (Å²) in [7, 11) is -3.24. The minimum absolute atomic E-state index is 0.0336. The average Bonchev–Trinajstić information content (AvgIpc) is 2.89. The van der Waals surface area contributed by atoms with E-state index < -0.39 is 10.0 Å². The first-order valence-corrected chi connectivity index (χ1v) is 8.51. The topological polar surface area (TPSA) is 84.3 Å². The van der Waals surface area contributed by atoms with E-state index >= 15 is 0 Å². The Balaban J connectivity index is 2.00. The molecule has 0 saturated carbocycles. The second-order valence-electron chi connectivity index (χ2n) is 5.18. The molecule has 1 fully saturated rings. The summed E-state index contributed by atoms with van der Waals surface area (Å²) in [6.07, 6.45) is 6.07. The van der Waals surface area contributed by atoms with Gasteiger partial charge >= 0.3 is 0 Å². The molecule has 1 aromatic heterocycles. The Kier molecular flexibility index (Phi) is 4.44. The second kappa shape index (κ2) is 5.92. The van der Waals surface area contributed by atoms with Gasteiger partial charge in [-0.25, -0.2) is 13.1 Å². The normalized spacial score (nSPS) is 21.7. The maximum absolute atomic E-state index is 12.4. The quantitative estimate of drug-likeness (QED) is 0.847. The molecule has 20 heavy (non-hydrogen) atoms. The van der Waals surface area contributed by atoms with E-state index in [1.54, 1.807) is 35.0 Å². The first kappa shape index (κ1) is 15.0. The number of carbonyl (C=O) groups is 1. The van der Waals surface area contributed by atoms with Gasteiger partial charge in [-0.1, -0.05) is 0 Å². The van der Waals surface area contributed by atoms with E-state index in [1.807, 2.05) is 0 Å². The summed E-state index contributed by atoms with van der Waals surface area (Å²) < 4.78 is 26.7. The van der Waals surface area contributed by atoms with Gasteiger partial charge in [0, 0.05) is 31.5 Å². The smallest absolute Gasteiger partial charge is 0.247 e. The number of sulfonamides is 1. The van der Waals surface area contributed by atoms with E-state index in [0.29, 0.717) is 13.1 Å². The van der Waals surface area contributed by atoms with Gasteiger partial charge in [-0.2, -0.15) is 5.10 Å². The van der Waals surface area contributed by atoms with E-state index in [-0.39, 0.29) is 18.0 Å². The van der Waals surface area contributed by atoms with Gasteiger partial charge in [0.1, 0.15) is 6.04 Å². The fourth-order valence-corrected chi connectivity index (χ4v) is 3.26. The third-order valence-electron chi connectivity index (χ3n) is 3.39. The Morgan fingerprint density at radius 1 is 1.50 bits per heavy atom. The summed E-state index contributed by atoms with van der Waals surface area (Å²) in [5, 5.41) is 4.07. The van der Waals surface area contributed by atoms with E-state index in [4.69, 9.17) is 0 Å². The van der Waals surface area contributed by atoms with E-state index in [0.717, 1.165) is 19.1 Å². The number of piperidine rings is 1. The number of carbonyl (C=O) groups excluding carboxylic acids is 1. The monoisotopic (exact) mass is 300 g/mol. The first-order valence-electron chi connectivity index (χ1n) is 6.62. The highest BCUT2D eigenvalue weighted by atomic mass is 32.2. The SMILES string of the molecule is C[C@H](C(=O)N1CCC[C@@H](NS(C)(=O)=O)C1)n1cccn1. The van der Waals surface area contributed by atoms with Crippen molar-refractivity contribution < 1.29 is 13.2 Å². The highest BCUT2D eigenvalue weighted by Gasteiger charge is 2.28. The Labute approximate surface area is 119 Å². The minimum atomic E-state index is -3.24. The third kappa shape index (κ3) is 3.80. The van der Waals surface area contributed by atoms with Crippen LogP contribution in [0.4, 0.5) is 0 Å². The van der Waals surface area contributed by atoms with Gasteiger partial charge in [0.15, 0.2) is 0 Å². The Bertz CT molecular complexity index is 555. The van der Waals surface area contributed by atoms with Crippen LogP contribution in [0.2, 0.25) is 0 Å². The maximum atomic E-state index is 12.4. The lowest BCUT2D eigenvalue weighted by Gasteiger charge is -2.34. The molecule has 1 aliphatic heterocycles. The zero-order valence-corrected chi connectivity index (χ0v) is 12.5. The number of rotatable bonds is 4. The molecule has 1 N–H and O–H groups in total. The zero-order valence-electron chi connectivity index (χ0n) is 11.7. The van der Waals surface area contributed by atoms with Crippen molar-refractivity contribution in [1.82, 2.24) is 19.4 Å². The first-order chi connectivity index (χ1) is 9.37. The number of nitrogens with zero attached hydrogens (tertiary/aromatic N) is 3. The summed E-state index contributed by atoms with van der Waals surface area (Å²) in [5.41, 5.74) is 0. The second-order valence-corrected chi connectivity index (χ2v) is 6.96. The van der Waals surface area contributed by atoms with Crippen LogP contribution >= 0.6 is 0 Å². The van der Waals surface area contributed by atoms with Crippen LogP contribution in [-0.2, 0) is 14.8 Å². The molecule has 0 bridgehead atoms. The fraction of sp³-hybridized carbons (Fsp3) is 0.667. The number of hydrogen-bond acceptors (Lipinski definition) is 4. The molecular formula is C12H20N4O3S. The lowest BCUT2D eigenvalue weighted by Crippen LogP contribution is -2.50. The van der Waals surface area contributed by atoms with E-state index in [1.165, 1.54) is 0 Å². The summed E-state index contributed by atoms with van der Waals surface area (Å²) in [6.45, 7) is 2.87. The Hall–Kier alpha value is -1.41. The summed E-state index contributed by atoms with van der Waals surface area (Å²) >= 11 is 0. The lowest BCUT2D eigenvalue weighted by molar-refractivity contribution is -0.135. The summed E-state index contributed by atoms with van der Waals surface area (Å²) in [6, 6.07) is 1.20. The van der Waals surface area contributed by atoms with Crippen LogP contribution in [0.15, 0.2) is 18.5 Å². The molecule has 1 aliphatic rings. The van der Waals surface area contributed by atoms with Gasteiger partial charge in [0.25, 0.3) is 0 Å². The van der Waals surface area contributed by atoms with Gasteiger partial charge < -0.3 is 4.90 Å². The molecule has 2 rings (SSSR count). The molecule has 7 nitrogen and oxygen atoms in total. The summed E-state index contributed by atoms with van der Waals surface area (Å²) in [4.78, 5) is 14.1. The highest BCUT2D eigenvalue weighted by Crippen LogP contribution is 2.16. The van der Waals surface area contributed by atoms with Crippen molar-refractivity contribution in [2.24, 2.45) is 0 Å². The van der Waals surface area contributed by atoms with Gasteiger partial charge in [0.05, 0.1) is 6.26 Å². The third-order valence-corrected chi connectivity index (χ3v) is 4.15. The van der Waals surface area contributed by atoms with E-state index in [9.17, 15) is 13.2 Å². The molecule has 1 saturated heterocycles. The molecule has 8 heteroatoms. The standard InChI is InChI=1S/C12H20N4O3S/c1-10(16-8-4-6-13-16)12(17)15-7-3-5-11(9-15)14-20(2,18)19/h4,6,8,10-11,14H,3,5,7,9H2,1-2H3/t10-,11-/m1/s1. The van der Waals surface area contributed by atoms with Crippen molar-refractivity contribution in [1.29, 1.82) is 0 Å². The largest absolute Gasteiger partial charge is 0.339 e. The van der Waals surface area contributed by atoms with Gasteiger partial charge in [-0.05, 0) is 25.8 Å². The predicted octanol–water partition coefficient (Wildman–Crippen LogP) is -0.0157. The van der Waals surface area contributed by atoms with Crippen LogP contribution in [0.3, 0.4) is 0 Å². The van der Waals surface area contributed by atoms with Gasteiger partial charge in [-0.15, -0.1) is 0 Å². The van der Waals surface area contributed by atoms with Crippen molar-refractivity contribution in [3.63, 3.8) is 0 Å². The number of likely N-dealkylation sites (tertiary alicyclic amines) is 1. The molecule has 0 aromatic carbocycles. The highest BCUT2D eigenvalue weighted by molar-refractivity contribution is 7.88. The molecular weight excluding hydrogens is 280 g/mol. The van der Waals surface area contributed by atoms with Crippen LogP contribution in [0.5, 0.6) is 0 Å².